The molecule has 2 aromatic carbocycles. The van der Waals surface area contributed by atoms with Gasteiger partial charge in [0, 0.05) is 30.5 Å². The minimum atomic E-state index is -4.77. The van der Waals surface area contributed by atoms with Crippen molar-refractivity contribution in [3.63, 3.8) is 0 Å². The number of nitrogens with two attached hydrogens (primary N) is 1. The van der Waals surface area contributed by atoms with E-state index < -0.39 is 67.1 Å². The molecule has 2 aliphatic rings. The van der Waals surface area contributed by atoms with Gasteiger partial charge in [-0.3, -0.25) is 14.4 Å². The molecule has 7 nitrogen and oxygen atoms in total. The van der Waals surface area contributed by atoms with E-state index in [0.29, 0.717) is 29.1 Å². The van der Waals surface area contributed by atoms with Gasteiger partial charge in [0.1, 0.15) is 5.92 Å². The second-order valence-corrected chi connectivity index (χ2v) is 10.4. The molecule has 0 bridgehead atoms. The SMILES string of the molecule is CCC(F)(F)[C@H](C(=O)N[C@H]1N=C(c2ccccc2)c2ccccc2N(CC2CC2)C1=O)[C@@H](CCC(F)(F)F)C(N)=O. The van der Waals surface area contributed by atoms with Crippen LogP contribution in [-0.2, 0) is 14.4 Å². The minimum absolute atomic E-state index is 0.209. The normalized spacial score (nSPS) is 19.1. The highest BCUT2D eigenvalue weighted by atomic mass is 19.4. The van der Waals surface area contributed by atoms with Crippen molar-refractivity contribution < 1.29 is 36.3 Å². The number of carbonyl (C=O) groups is 3. The molecule has 3 amide bonds. The summed E-state index contributed by atoms with van der Waals surface area (Å²) in [4.78, 5) is 45.5. The maximum atomic E-state index is 15.2. The molecule has 3 N–H and O–H groups in total. The zero-order chi connectivity index (χ0) is 29.9. The van der Waals surface area contributed by atoms with Gasteiger partial charge in [0.15, 0.2) is 0 Å². The van der Waals surface area contributed by atoms with Gasteiger partial charge in [-0.1, -0.05) is 55.5 Å². The van der Waals surface area contributed by atoms with Crippen molar-refractivity contribution in [1.29, 1.82) is 0 Å². The van der Waals surface area contributed by atoms with E-state index in [4.69, 9.17) is 5.73 Å². The summed E-state index contributed by atoms with van der Waals surface area (Å²) >= 11 is 0. The van der Waals surface area contributed by atoms with Crippen LogP contribution in [0.5, 0.6) is 0 Å². The monoisotopic (exact) mass is 578 g/mol. The summed E-state index contributed by atoms with van der Waals surface area (Å²) in [5.41, 5.74) is 7.28. The van der Waals surface area contributed by atoms with Gasteiger partial charge >= 0.3 is 6.18 Å². The van der Waals surface area contributed by atoms with Crippen molar-refractivity contribution >= 4 is 29.1 Å². The van der Waals surface area contributed by atoms with Crippen LogP contribution in [0.15, 0.2) is 59.6 Å². The first kappa shape index (κ1) is 30.1. The molecule has 0 radical (unpaired) electrons. The number of amides is 3. The van der Waals surface area contributed by atoms with E-state index in [0.717, 1.165) is 19.8 Å². The number of nitrogens with zero attached hydrogens (tertiary/aromatic N) is 2. The number of anilines is 1. The fraction of sp³-hybridized carbons (Fsp3) is 0.448. The molecule has 1 heterocycles. The van der Waals surface area contributed by atoms with Gasteiger partial charge in [-0.25, -0.2) is 13.8 Å². The Kier molecular flexibility index (Phi) is 8.79. The fourth-order valence-electron chi connectivity index (χ4n) is 5.00. The Morgan fingerprint density at radius 3 is 2.27 bits per heavy atom. The molecular weight excluding hydrogens is 547 g/mol. The quantitative estimate of drug-likeness (QED) is 0.373. The van der Waals surface area contributed by atoms with Crippen molar-refractivity contribution in [2.24, 2.45) is 28.5 Å². The Morgan fingerprint density at radius 1 is 1.05 bits per heavy atom. The van der Waals surface area contributed by atoms with E-state index in [2.05, 4.69) is 10.3 Å². The third kappa shape index (κ3) is 7.09. The maximum Gasteiger partial charge on any atom is 0.389 e. The van der Waals surface area contributed by atoms with Crippen molar-refractivity contribution in [1.82, 2.24) is 5.32 Å². The van der Waals surface area contributed by atoms with Crippen molar-refractivity contribution in [3.8, 4) is 0 Å². The average molecular weight is 579 g/mol. The molecule has 41 heavy (non-hydrogen) atoms. The highest BCUT2D eigenvalue weighted by Crippen LogP contribution is 2.39. The number of benzodiazepines with no additional fused rings is 1. The number of alkyl halides is 5. The Labute approximate surface area is 234 Å². The Morgan fingerprint density at radius 2 is 1.68 bits per heavy atom. The van der Waals surface area contributed by atoms with Gasteiger partial charge in [-0.15, -0.1) is 0 Å². The van der Waals surface area contributed by atoms with E-state index >= 15 is 8.78 Å². The van der Waals surface area contributed by atoms with E-state index in [-0.39, 0.29) is 5.92 Å². The fourth-order valence-corrected chi connectivity index (χ4v) is 5.00. The second-order valence-electron chi connectivity index (χ2n) is 10.4. The lowest BCUT2D eigenvalue weighted by molar-refractivity contribution is -0.161. The van der Waals surface area contributed by atoms with Gasteiger partial charge < -0.3 is 16.0 Å². The van der Waals surface area contributed by atoms with E-state index in [1.807, 2.05) is 0 Å². The van der Waals surface area contributed by atoms with Crippen LogP contribution in [0, 0.1) is 17.8 Å². The van der Waals surface area contributed by atoms with Crippen LogP contribution in [0.2, 0.25) is 0 Å². The molecule has 4 rings (SSSR count). The lowest BCUT2D eigenvalue weighted by Gasteiger charge is -2.32. The van der Waals surface area contributed by atoms with Crippen molar-refractivity contribution in [2.45, 2.75) is 57.3 Å². The third-order valence-corrected chi connectivity index (χ3v) is 7.39. The Hall–Kier alpha value is -3.83. The maximum absolute atomic E-state index is 15.2. The summed E-state index contributed by atoms with van der Waals surface area (Å²) in [7, 11) is 0. The molecule has 1 aliphatic carbocycles. The predicted molar refractivity (Wildman–Crippen MR) is 142 cm³/mol. The lowest BCUT2D eigenvalue weighted by atomic mass is 9.81. The standard InChI is InChI=1S/C29H31F5N4O3/c1-2-28(30,31)22(20(24(35)39)14-15-29(32,33)34)26(40)37-25-27(41)38(16-17-12-13-17)21-11-7-6-10-19(21)23(36-25)18-8-4-3-5-9-18/h3-11,17,20,22,25H,2,12-16H2,1H3,(H2,35,39)(H,37,40)/t20-,22+,25-/m1/s1. The number of carbonyl (C=O) groups excluding carboxylic acids is 3. The van der Waals surface area contributed by atoms with Crippen LogP contribution in [0.4, 0.5) is 27.6 Å². The average Bonchev–Trinajstić information content (AvgIpc) is 3.76. The molecule has 1 aliphatic heterocycles. The summed E-state index contributed by atoms with van der Waals surface area (Å²) in [5.74, 6) is -12.0. The summed E-state index contributed by atoms with van der Waals surface area (Å²) in [6.45, 7) is 1.35. The minimum Gasteiger partial charge on any atom is -0.369 e. The van der Waals surface area contributed by atoms with E-state index in [1.165, 1.54) is 4.90 Å². The summed E-state index contributed by atoms with van der Waals surface area (Å²) < 4.78 is 69.2. The van der Waals surface area contributed by atoms with Crippen molar-refractivity contribution in [3.05, 3.63) is 65.7 Å². The van der Waals surface area contributed by atoms with Crippen LogP contribution in [-0.4, -0.2) is 48.2 Å². The zero-order valence-corrected chi connectivity index (χ0v) is 22.3. The first-order chi connectivity index (χ1) is 19.3. The smallest absolute Gasteiger partial charge is 0.369 e. The molecule has 1 fully saturated rings. The number of primary amides is 1. The molecule has 0 aromatic heterocycles. The Balaban J connectivity index is 1.76. The van der Waals surface area contributed by atoms with E-state index in [1.54, 1.807) is 54.6 Å². The van der Waals surface area contributed by atoms with Crippen LogP contribution < -0.4 is 16.0 Å². The van der Waals surface area contributed by atoms with Crippen molar-refractivity contribution in [2.75, 3.05) is 11.4 Å². The summed E-state index contributed by atoms with van der Waals surface area (Å²) in [6, 6.07) is 15.7. The molecule has 1 saturated carbocycles. The van der Waals surface area contributed by atoms with Gasteiger partial charge in [0.05, 0.1) is 17.3 Å². The third-order valence-electron chi connectivity index (χ3n) is 7.39. The van der Waals surface area contributed by atoms with Gasteiger partial charge in [-0.05, 0) is 31.2 Å². The summed E-state index contributed by atoms with van der Waals surface area (Å²) in [5, 5.41) is 2.25. The molecule has 220 valence electrons. The number of rotatable bonds is 11. The topological polar surface area (TPSA) is 105 Å². The first-order valence-electron chi connectivity index (χ1n) is 13.4. The van der Waals surface area contributed by atoms with Crippen LogP contribution >= 0.6 is 0 Å². The highest BCUT2D eigenvalue weighted by molar-refractivity contribution is 6.20. The molecule has 0 spiro atoms. The largest absolute Gasteiger partial charge is 0.389 e. The van der Waals surface area contributed by atoms with Gasteiger partial charge in [0.2, 0.25) is 18.0 Å². The predicted octanol–water partition coefficient (Wildman–Crippen LogP) is 4.83. The number of fused-ring (bicyclic) bond motifs is 1. The van der Waals surface area contributed by atoms with Gasteiger partial charge in [0.25, 0.3) is 11.8 Å². The molecule has 3 atom stereocenters. The van der Waals surface area contributed by atoms with Crippen LogP contribution in [0.3, 0.4) is 0 Å². The summed E-state index contributed by atoms with van der Waals surface area (Å²) in [6.07, 6.45) is -8.32. The number of nitrogens with one attached hydrogen (secondary N) is 1. The number of aliphatic imine (C=N–C) groups is 1. The molecule has 2 aromatic rings. The molecule has 12 heteroatoms. The number of para-hydroxylation sites is 1. The van der Waals surface area contributed by atoms with Crippen LogP contribution in [0.1, 0.15) is 50.2 Å². The van der Waals surface area contributed by atoms with Crippen LogP contribution in [0.25, 0.3) is 0 Å². The zero-order valence-electron chi connectivity index (χ0n) is 22.3. The number of benzene rings is 2. The molecule has 0 saturated heterocycles. The highest BCUT2D eigenvalue weighted by Gasteiger charge is 2.51. The second kappa shape index (κ2) is 12.0. The first-order valence-corrected chi connectivity index (χ1v) is 13.4. The lowest BCUT2D eigenvalue weighted by Crippen LogP contribution is -2.54. The number of halogens is 5. The van der Waals surface area contributed by atoms with E-state index in [9.17, 15) is 27.6 Å². The number of hydrogen-bond donors (Lipinski definition) is 2. The molecule has 0 unspecified atom stereocenters. The molecular formula is C29H31F5N4O3. The van der Waals surface area contributed by atoms with Gasteiger partial charge in [-0.2, -0.15) is 13.2 Å². The number of hydrogen-bond acceptors (Lipinski definition) is 4. The Bertz CT molecular complexity index is 1310.